The van der Waals surface area contributed by atoms with E-state index in [2.05, 4.69) is 33.2 Å². The summed E-state index contributed by atoms with van der Waals surface area (Å²) in [5.74, 6) is -0.514. The Bertz CT molecular complexity index is 1730. The van der Waals surface area contributed by atoms with Crippen molar-refractivity contribution in [3.63, 3.8) is 0 Å². The van der Waals surface area contributed by atoms with Crippen molar-refractivity contribution in [1.82, 2.24) is 24.5 Å². The van der Waals surface area contributed by atoms with Gasteiger partial charge in [-0.15, -0.1) is 5.10 Å². The van der Waals surface area contributed by atoms with Crippen LogP contribution < -0.4 is 0 Å². The number of fused-ring (bicyclic) bond motifs is 1. The van der Waals surface area contributed by atoms with Crippen LogP contribution in [0.2, 0.25) is 0 Å². The molecule has 1 aliphatic heterocycles. The molecule has 1 amide bonds. The number of carbonyl (C=O) groups is 1. The van der Waals surface area contributed by atoms with Gasteiger partial charge in [0.05, 0.1) is 18.3 Å². The smallest absolute Gasteiger partial charge is 0.270 e. The summed E-state index contributed by atoms with van der Waals surface area (Å²) < 4.78 is 33.4. The Morgan fingerprint density at radius 2 is 1.83 bits per heavy atom. The van der Waals surface area contributed by atoms with E-state index in [0.717, 1.165) is 29.4 Å². The molecule has 0 radical (unpaired) electrons. The summed E-state index contributed by atoms with van der Waals surface area (Å²) in [4.78, 5) is 15.9. The Morgan fingerprint density at radius 3 is 2.61 bits per heavy atom. The summed E-state index contributed by atoms with van der Waals surface area (Å²) in [5, 5.41) is 9.69. The molecule has 0 saturated carbocycles. The lowest BCUT2D eigenvalue weighted by molar-refractivity contribution is 0.0604. The van der Waals surface area contributed by atoms with Crippen molar-refractivity contribution in [2.24, 2.45) is 0 Å². The Labute approximate surface area is 245 Å². The second-order valence-electron chi connectivity index (χ2n) is 10.8. The first-order chi connectivity index (χ1) is 19.8. The molecule has 3 heterocycles. The fourth-order valence-corrected chi connectivity index (χ4v) is 6.23. The van der Waals surface area contributed by atoms with Crippen molar-refractivity contribution in [2.75, 3.05) is 6.54 Å². The van der Waals surface area contributed by atoms with Crippen LogP contribution in [0, 0.1) is 11.6 Å². The molecular weight excluding hydrogens is 588 g/mol. The van der Waals surface area contributed by atoms with Crippen molar-refractivity contribution in [1.29, 1.82) is 0 Å². The molecule has 1 saturated heterocycles. The number of hydrogen-bond donors (Lipinski definition) is 0. The van der Waals surface area contributed by atoms with Gasteiger partial charge in [-0.1, -0.05) is 63.6 Å². The van der Waals surface area contributed by atoms with Gasteiger partial charge >= 0.3 is 0 Å². The third kappa shape index (κ3) is 5.30. The molecule has 210 valence electrons. The maximum Gasteiger partial charge on any atom is 0.270 e. The largest absolute Gasteiger partial charge is 0.335 e. The number of hydrogen-bond acceptors (Lipinski definition) is 3. The van der Waals surface area contributed by atoms with Gasteiger partial charge in [-0.3, -0.25) is 4.79 Å². The third-order valence-electron chi connectivity index (χ3n) is 8.21. The number of nitrogens with zero attached hydrogens (tertiary/aromatic N) is 5. The lowest BCUT2D eigenvalue weighted by Gasteiger charge is -2.37. The molecule has 2 unspecified atom stereocenters. The third-order valence-corrected chi connectivity index (χ3v) is 8.70. The first-order valence-corrected chi connectivity index (χ1v) is 14.6. The van der Waals surface area contributed by atoms with E-state index in [1.165, 1.54) is 12.1 Å². The fraction of sp³-hybridized carbons (Fsp3) is 0.281. The van der Waals surface area contributed by atoms with E-state index < -0.39 is 0 Å². The number of aromatic nitrogens is 4. The SMILES string of the molecule is CC1CC(c2cn([C@@H](C)c3ccc(Br)cc3F)nn2)CCN1C(=O)c1cc2ccccc2n1Cc1ccccc1F. The van der Waals surface area contributed by atoms with Crippen LogP contribution in [0.4, 0.5) is 8.78 Å². The average molecular weight is 619 g/mol. The maximum absolute atomic E-state index is 14.6. The summed E-state index contributed by atoms with van der Waals surface area (Å²) >= 11 is 3.30. The van der Waals surface area contributed by atoms with E-state index in [4.69, 9.17) is 0 Å². The zero-order chi connectivity index (χ0) is 28.7. The zero-order valence-corrected chi connectivity index (χ0v) is 24.4. The number of benzene rings is 3. The zero-order valence-electron chi connectivity index (χ0n) is 22.8. The molecule has 5 aromatic rings. The highest BCUT2D eigenvalue weighted by Gasteiger charge is 2.33. The van der Waals surface area contributed by atoms with Crippen molar-refractivity contribution in [2.45, 2.75) is 51.2 Å². The summed E-state index contributed by atoms with van der Waals surface area (Å²) in [5.41, 5.74) is 3.38. The maximum atomic E-state index is 14.6. The standard InChI is InChI=1S/C32H30BrF2N5O/c1-20-15-22(29-19-40(37-36-29)21(2)26-12-11-25(33)17-28(26)35)13-14-38(20)32(41)31-16-23-7-4-6-10-30(23)39(31)18-24-8-3-5-9-27(24)34/h3-12,16-17,19-22H,13-15,18H2,1-2H3/t20?,21-,22?/m0/s1. The molecule has 1 fully saturated rings. The fourth-order valence-electron chi connectivity index (χ4n) is 5.89. The van der Waals surface area contributed by atoms with Gasteiger partial charge in [-0.25, -0.2) is 13.5 Å². The van der Waals surface area contributed by atoms with Crippen molar-refractivity contribution in [3.05, 3.63) is 118 Å². The first-order valence-electron chi connectivity index (χ1n) is 13.8. The van der Waals surface area contributed by atoms with Crippen LogP contribution in [0.3, 0.4) is 0 Å². The minimum atomic E-state index is -0.306. The van der Waals surface area contributed by atoms with E-state index >= 15 is 0 Å². The highest BCUT2D eigenvalue weighted by Crippen LogP contribution is 2.33. The molecule has 9 heteroatoms. The number of amides is 1. The van der Waals surface area contributed by atoms with Gasteiger partial charge in [-0.2, -0.15) is 0 Å². The van der Waals surface area contributed by atoms with Gasteiger partial charge in [0.25, 0.3) is 5.91 Å². The second-order valence-corrected chi connectivity index (χ2v) is 11.7. The highest BCUT2D eigenvalue weighted by atomic mass is 79.9. The summed E-state index contributed by atoms with van der Waals surface area (Å²) in [6.07, 6.45) is 3.37. The van der Waals surface area contributed by atoms with E-state index in [0.29, 0.717) is 27.8 Å². The predicted octanol–water partition coefficient (Wildman–Crippen LogP) is 7.34. The summed E-state index contributed by atoms with van der Waals surface area (Å²) in [7, 11) is 0. The topological polar surface area (TPSA) is 56.0 Å². The van der Waals surface area contributed by atoms with Crippen LogP contribution in [-0.4, -0.2) is 43.0 Å². The number of para-hydroxylation sites is 1. The lowest BCUT2D eigenvalue weighted by atomic mass is 9.89. The molecule has 41 heavy (non-hydrogen) atoms. The van der Waals surface area contributed by atoms with Crippen molar-refractivity contribution in [3.8, 4) is 0 Å². The molecule has 6 rings (SSSR count). The van der Waals surface area contributed by atoms with Crippen LogP contribution in [0.1, 0.15) is 66.0 Å². The van der Waals surface area contributed by atoms with Crippen LogP contribution in [0.15, 0.2) is 83.5 Å². The molecule has 0 spiro atoms. The van der Waals surface area contributed by atoms with Crippen LogP contribution in [0.5, 0.6) is 0 Å². The van der Waals surface area contributed by atoms with Gasteiger partial charge in [0, 0.05) is 51.2 Å². The van der Waals surface area contributed by atoms with Gasteiger partial charge in [0.2, 0.25) is 0 Å². The monoisotopic (exact) mass is 617 g/mol. The van der Waals surface area contributed by atoms with Gasteiger partial charge < -0.3 is 9.47 Å². The van der Waals surface area contributed by atoms with Crippen LogP contribution in [-0.2, 0) is 6.54 Å². The van der Waals surface area contributed by atoms with Crippen LogP contribution in [0.25, 0.3) is 10.9 Å². The Kier molecular flexibility index (Phi) is 7.46. The number of piperidine rings is 1. The van der Waals surface area contributed by atoms with E-state index in [1.807, 2.05) is 65.1 Å². The summed E-state index contributed by atoms with van der Waals surface area (Å²) in [6.45, 7) is 4.79. The van der Waals surface area contributed by atoms with Gasteiger partial charge in [0.1, 0.15) is 17.3 Å². The lowest BCUT2D eigenvalue weighted by Crippen LogP contribution is -2.44. The molecular formula is C32H30BrF2N5O. The predicted molar refractivity (Wildman–Crippen MR) is 158 cm³/mol. The number of likely N-dealkylation sites (tertiary alicyclic amines) is 1. The van der Waals surface area contributed by atoms with Crippen molar-refractivity contribution >= 4 is 32.7 Å². The highest BCUT2D eigenvalue weighted by molar-refractivity contribution is 9.10. The number of carbonyl (C=O) groups excluding carboxylic acids is 1. The van der Waals surface area contributed by atoms with E-state index in [1.54, 1.807) is 22.9 Å². The molecule has 0 bridgehead atoms. The minimum absolute atomic E-state index is 0.0346. The van der Waals surface area contributed by atoms with E-state index in [9.17, 15) is 13.6 Å². The van der Waals surface area contributed by atoms with Gasteiger partial charge in [-0.05, 0) is 57.0 Å². The number of rotatable bonds is 6. The number of halogens is 3. The Balaban J connectivity index is 1.21. The molecule has 0 N–H and O–H groups in total. The molecule has 3 aromatic carbocycles. The minimum Gasteiger partial charge on any atom is -0.335 e. The molecule has 3 atom stereocenters. The summed E-state index contributed by atoms with van der Waals surface area (Å²) in [6, 6.07) is 21.1. The van der Waals surface area contributed by atoms with Crippen LogP contribution >= 0.6 is 15.9 Å². The first kappa shape index (κ1) is 27.3. The molecule has 1 aliphatic rings. The molecule has 2 aromatic heterocycles. The second kappa shape index (κ2) is 11.2. The Hall–Kier alpha value is -3.85. The molecule has 0 aliphatic carbocycles. The quantitative estimate of drug-likeness (QED) is 0.200. The normalized spacial score (nSPS) is 18.1. The van der Waals surface area contributed by atoms with E-state index in [-0.39, 0.29) is 42.1 Å². The Morgan fingerprint density at radius 1 is 1.05 bits per heavy atom. The van der Waals surface area contributed by atoms with Crippen molar-refractivity contribution < 1.29 is 13.6 Å². The van der Waals surface area contributed by atoms with Gasteiger partial charge in [0.15, 0.2) is 0 Å². The molecule has 6 nitrogen and oxygen atoms in total. The average Bonchev–Trinajstić information content (AvgIpc) is 3.60.